The molecule has 3 N–H and O–H groups in total. The van der Waals surface area contributed by atoms with Crippen LogP contribution in [-0.4, -0.2) is 46.8 Å². The van der Waals surface area contributed by atoms with Crippen molar-refractivity contribution in [2.24, 2.45) is 5.92 Å². The first-order valence-electron chi connectivity index (χ1n) is 4.59. The molecule has 84 valence electrons. The fraction of sp³-hybridized carbons (Fsp3) is 1.00. The number of methoxy groups -OCH3 is 3. The van der Waals surface area contributed by atoms with Gasteiger partial charge in [-0.15, -0.1) is 0 Å². The smallest absolute Gasteiger partial charge is 0.196 e. The van der Waals surface area contributed by atoms with Gasteiger partial charge in [0.05, 0.1) is 0 Å². The lowest BCUT2D eigenvalue weighted by atomic mass is 9.98. The Morgan fingerprint density at radius 1 is 1.14 bits per heavy atom. The fourth-order valence-corrected chi connectivity index (χ4v) is 1.65. The van der Waals surface area contributed by atoms with Crippen molar-refractivity contribution in [3.63, 3.8) is 0 Å². The average molecular weight is 205 g/mol. The first-order chi connectivity index (χ1) is 6.79. The van der Waals surface area contributed by atoms with Crippen molar-refractivity contribution >= 4 is 0 Å². The van der Waals surface area contributed by atoms with Crippen molar-refractivity contribution in [3.8, 4) is 0 Å². The standard InChI is InChI=1S/C8H19N3O3/c1-12-6-8(13-2,14-3)7-4-9-11-10-5-7/h7,9-11H,4-6H2,1-3H3. The van der Waals surface area contributed by atoms with Gasteiger partial charge in [0.1, 0.15) is 6.61 Å². The van der Waals surface area contributed by atoms with Gasteiger partial charge in [-0.1, -0.05) is 0 Å². The predicted molar refractivity (Wildman–Crippen MR) is 51.3 cm³/mol. The van der Waals surface area contributed by atoms with E-state index in [1.165, 1.54) is 0 Å². The SMILES string of the molecule is COCC(OC)(OC)C1CNNNC1. The summed E-state index contributed by atoms with van der Waals surface area (Å²) in [4.78, 5) is 0. The highest BCUT2D eigenvalue weighted by Crippen LogP contribution is 2.23. The summed E-state index contributed by atoms with van der Waals surface area (Å²) in [7, 11) is 4.89. The van der Waals surface area contributed by atoms with Gasteiger partial charge < -0.3 is 14.2 Å². The van der Waals surface area contributed by atoms with Gasteiger partial charge in [0.15, 0.2) is 5.79 Å². The third-order valence-electron chi connectivity index (χ3n) is 2.53. The minimum absolute atomic E-state index is 0.193. The molecule has 0 aliphatic carbocycles. The van der Waals surface area contributed by atoms with E-state index in [2.05, 4.69) is 16.4 Å². The van der Waals surface area contributed by atoms with Crippen LogP contribution in [0, 0.1) is 5.92 Å². The van der Waals surface area contributed by atoms with Gasteiger partial charge in [-0.25, -0.2) is 10.9 Å². The number of hydrogen-bond acceptors (Lipinski definition) is 6. The summed E-state index contributed by atoms with van der Waals surface area (Å²) in [6.07, 6.45) is 0. The van der Waals surface area contributed by atoms with E-state index in [9.17, 15) is 0 Å². The summed E-state index contributed by atoms with van der Waals surface area (Å²) >= 11 is 0. The topological polar surface area (TPSA) is 63.8 Å². The molecule has 0 atom stereocenters. The largest absolute Gasteiger partial charge is 0.379 e. The maximum absolute atomic E-state index is 5.41. The number of nitrogens with one attached hydrogen (secondary N) is 3. The summed E-state index contributed by atoms with van der Waals surface area (Å²) < 4.78 is 15.9. The highest BCUT2D eigenvalue weighted by molar-refractivity contribution is 4.83. The molecule has 0 unspecified atom stereocenters. The number of hydrazine groups is 2. The zero-order valence-electron chi connectivity index (χ0n) is 8.92. The van der Waals surface area contributed by atoms with Crippen molar-refractivity contribution in [2.45, 2.75) is 5.79 Å². The molecule has 0 aromatic rings. The molecule has 0 amide bonds. The summed E-state index contributed by atoms with van der Waals surface area (Å²) in [5.74, 6) is -0.490. The highest BCUT2D eigenvalue weighted by atomic mass is 16.7. The monoisotopic (exact) mass is 205 g/mol. The quantitative estimate of drug-likeness (QED) is 0.493. The molecule has 6 heteroatoms. The molecular weight excluding hydrogens is 186 g/mol. The number of ether oxygens (including phenoxy) is 3. The van der Waals surface area contributed by atoms with Crippen LogP contribution in [0.5, 0.6) is 0 Å². The molecule has 0 aromatic heterocycles. The van der Waals surface area contributed by atoms with Gasteiger partial charge in [-0.2, -0.15) is 5.53 Å². The van der Waals surface area contributed by atoms with E-state index in [1.54, 1.807) is 21.3 Å². The Bertz CT molecular complexity index is 158. The lowest BCUT2D eigenvalue weighted by Gasteiger charge is -2.39. The van der Waals surface area contributed by atoms with Crippen LogP contribution in [0.4, 0.5) is 0 Å². The van der Waals surface area contributed by atoms with Gasteiger partial charge in [-0.05, 0) is 0 Å². The van der Waals surface area contributed by atoms with Crippen LogP contribution < -0.4 is 16.4 Å². The molecular formula is C8H19N3O3. The summed E-state index contributed by atoms with van der Waals surface area (Å²) in [6, 6.07) is 0. The van der Waals surface area contributed by atoms with E-state index in [1.807, 2.05) is 0 Å². The van der Waals surface area contributed by atoms with Crippen LogP contribution >= 0.6 is 0 Å². The van der Waals surface area contributed by atoms with Crippen LogP contribution in [0.2, 0.25) is 0 Å². The van der Waals surface area contributed by atoms with Crippen molar-refractivity contribution in [3.05, 3.63) is 0 Å². The lowest BCUT2D eigenvalue weighted by molar-refractivity contribution is -0.262. The first-order valence-corrected chi connectivity index (χ1v) is 4.59. The van der Waals surface area contributed by atoms with Gasteiger partial charge in [0.2, 0.25) is 0 Å². The zero-order chi connectivity index (χ0) is 10.4. The van der Waals surface area contributed by atoms with Crippen LogP contribution in [0.3, 0.4) is 0 Å². The summed E-state index contributed by atoms with van der Waals surface area (Å²) in [5.41, 5.74) is 8.81. The molecule has 1 aliphatic rings. The molecule has 0 spiro atoms. The van der Waals surface area contributed by atoms with Crippen molar-refractivity contribution in [2.75, 3.05) is 41.0 Å². The molecule has 6 nitrogen and oxygen atoms in total. The third kappa shape index (κ3) is 2.41. The lowest BCUT2D eigenvalue weighted by Crippen LogP contribution is -2.62. The molecule has 1 aliphatic heterocycles. The molecule has 1 saturated heterocycles. The molecule has 0 bridgehead atoms. The Morgan fingerprint density at radius 3 is 2.14 bits per heavy atom. The average Bonchev–Trinajstić information content (AvgIpc) is 2.27. The number of hydrogen-bond donors (Lipinski definition) is 3. The Hall–Kier alpha value is -0.240. The minimum atomic E-state index is -0.684. The van der Waals surface area contributed by atoms with Crippen molar-refractivity contribution < 1.29 is 14.2 Å². The van der Waals surface area contributed by atoms with E-state index < -0.39 is 5.79 Å². The third-order valence-corrected chi connectivity index (χ3v) is 2.53. The van der Waals surface area contributed by atoms with E-state index in [0.717, 1.165) is 13.1 Å². The second-order valence-corrected chi connectivity index (χ2v) is 3.24. The molecule has 0 aromatic carbocycles. The van der Waals surface area contributed by atoms with E-state index >= 15 is 0 Å². The van der Waals surface area contributed by atoms with Gasteiger partial charge in [-0.3, -0.25) is 0 Å². The van der Waals surface area contributed by atoms with Crippen molar-refractivity contribution in [1.29, 1.82) is 0 Å². The number of rotatable bonds is 5. The Labute approximate surface area is 84.2 Å². The Kier molecular flexibility index (Phi) is 4.73. The van der Waals surface area contributed by atoms with E-state index in [4.69, 9.17) is 14.2 Å². The molecule has 1 fully saturated rings. The molecule has 0 radical (unpaired) electrons. The predicted octanol–water partition coefficient (Wildman–Crippen LogP) is -1.15. The Balaban J connectivity index is 2.62. The van der Waals surface area contributed by atoms with Crippen molar-refractivity contribution in [1.82, 2.24) is 16.4 Å². The molecule has 1 rings (SSSR count). The fourth-order valence-electron chi connectivity index (χ4n) is 1.65. The molecule has 14 heavy (non-hydrogen) atoms. The normalized spacial score (nSPS) is 19.9. The van der Waals surface area contributed by atoms with E-state index in [-0.39, 0.29) is 5.92 Å². The maximum atomic E-state index is 5.41. The second kappa shape index (κ2) is 5.59. The second-order valence-electron chi connectivity index (χ2n) is 3.24. The van der Waals surface area contributed by atoms with Gasteiger partial charge >= 0.3 is 0 Å². The van der Waals surface area contributed by atoms with Crippen LogP contribution in [0.1, 0.15) is 0 Å². The molecule has 0 saturated carbocycles. The van der Waals surface area contributed by atoms with Gasteiger partial charge in [0.25, 0.3) is 0 Å². The molecule has 1 heterocycles. The zero-order valence-corrected chi connectivity index (χ0v) is 8.92. The Morgan fingerprint density at radius 2 is 1.71 bits per heavy atom. The first kappa shape index (κ1) is 11.8. The van der Waals surface area contributed by atoms with E-state index in [0.29, 0.717) is 6.61 Å². The van der Waals surface area contributed by atoms with Crippen LogP contribution in [-0.2, 0) is 14.2 Å². The summed E-state index contributed by atoms with van der Waals surface area (Å²) in [5, 5.41) is 0. The highest BCUT2D eigenvalue weighted by Gasteiger charge is 2.40. The van der Waals surface area contributed by atoms with Crippen LogP contribution in [0.15, 0.2) is 0 Å². The van der Waals surface area contributed by atoms with Crippen LogP contribution in [0.25, 0.3) is 0 Å². The minimum Gasteiger partial charge on any atom is -0.379 e. The summed E-state index contributed by atoms with van der Waals surface area (Å²) in [6.45, 7) is 1.93. The maximum Gasteiger partial charge on any atom is 0.196 e. The van der Waals surface area contributed by atoms with Gasteiger partial charge in [0, 0.05) is 40.3 Å².